The van der Waals surface area contributed by atoms with E-state index in [1.807, 2.05) is 36.7 Å². The van der Waals surface area contributed by atoms with E-state index in [0.717, 1.165) is 17.0 Å². The molecule has 0 spiro atoms. The van der Waals surface area contributed by atoms with Crippen molar-refractivity contribution in [2.75, 3.05) is 11.9 Å². The molecule has 1 atom stereocenters. The van der Waals surface area contributed by atoms with Gasteiger partial charge in [0.1, 0.15) is 18.2 Å². The van der Waals surface area contributed by atoms with Gasteiger partial charge in [-0.15, -0.1) is 0 Å². The minimum absolute atomic E-state index is 0.139. The van der Waals surface area contributed by atoms with E-state index in [4.69, 9.17) is 4.74 Å². The molecule has 0 aliphatic rings. The van der Waals surface area contributed by atoms with Gasteiger partial charge in [0, 0.05) is 47.3 Å². The molecule has 0 saturated carbocycles. The number of hydrogen-bond acceptors (Lipinski definition) is 4. The first-order chi connectivity index (χ1) is 14.6. The number of benzene rings is 2. The molecule has 0 amide bonds. The Hall–Kier alpha value is -3.60. The maximum absolute atomic E-state index is 6.11. The van der Waals surface area contributed by atoms with Crippen LogP contribution in [-0.2, 0) is 7.05 Å². The van der Waals surface area contributed by atoms with E-state index in [0.29, 0.717) is 6.61 Å². The Morgan fingerprint density at radius 1 is 1.03 bits per heavy atom. The summed E-state index contributed by atoms with van der Waals surface area (Å²) in [7, 11) is 2.13. The molecule has 5 heteroatoms. The van der Waals surface area contributed by atoms with E-state index in [-0.39, 0.29) is 6.04 Å². The van der Waals surface area contributed by atoms with Crippen LogP contribution in [0.5, 0.6) is 5.75 Å². The third-order valence-electron chi connectivity index (χ3n) is 5.68. The molecule has 1 N–H and O–H groups in total. The number of nitrogens with one attached hydrogen (secondary N) is 1. The smallest absolute Gasteiger partial charge is 0.126 e. The summed E-state index contributed by atoms with van der Waals surface area (Å²) < 4.78 is 8.38. The topological polar surface area (TPSA) is 52.0 Å². The minimum atomic E-state index is 0.139. The van der Waals surface area contributed by atoms with Gasteiger partial charge in [-0.1, -0.05) is 6.07 Å². The third-order valence-corrected chi connectivity index (χ3v) is 5.68. The summed E-state index contributed by atoms with van der Waals surface area (Å²) in [5.41, 5.74) is 3.73. The van der Waals surface area contributed by atoms with Crippen molar-refractivity contribution in [2.24, 2.45) is 7.05 Å². The maximum Gasteiger partial charge on any atom is 0.126 e. The maximum atomic E-state index is 6.11. The van der Waals surface area contributed by atoms with Gasteiger partial charge in [0.15, 0.2) is 0 Å². The molecule has 3 heterocycles. The van der Waals surface area contributed by atoms with Gasteiger partial charge in [-0.05, 0) is 67.3 Å². The lowest BCUT2D eigenvalue weighted by Gasteiger charge is -2.15. The van der Waals surface area contributed by atoms with Crippen molar-refractivity contribution in [3.05, 3.63) is 72.7 Å². The van der Waals surface area contributed by atoms with Crippen molar-refractivity contribution in [3.63, 3.8) is 0 Å². The quantitative estimate of drug-likeness (QED) is 0.428. The Morgan fingerprint density at radius 2 is 1.93 bits per heavy atom. The van der Waals surface area contributed by atoms with Gasteiger partial charge in [0.25, 0.3) is 0 Å². The van der Waals surface area contributed by atoms with Gasteiger partial charge in [0.05, 0.1) is 11.6 Å². The predicted molar refractivity (Wildman–Crippen MR) is 123 cm³/mol. The highest BCUT2D eigenvalue weighted by Gasteiger charge is 2.14. The van der Waals surface area contributed by atoms with Crippen LogP contribution in [0.4, 0.5) is 5.82 Å². The highest BCUT2D eigenvalue weighted by Crippen LogP contribution is 2.36. The van der Waals surface area contributed by atoms with E-state index < -0.39 is 0 Å². The molecular weight excluding hydrogens is 372 g/mol. The van der Waals surface area contributed by atoms with E-state index in [1.54, 1.807) is 6.20 Å². The molecule has 0 fully saturated rings. The Labute approximate surface area is 175 Å². The van der Waals surface area contributed by atoms with Gasteiger partial charge in [-0.3, -0.25) is 4.98 Å². The Balaban J connectivity index is 1.48. The van der Waals surface area contributed by atoms with Crippen molar-refractivity contribution in [1.82, 2.24) is 14.5 Å². The summed E-state index contributed by atoms with van der Waals surface area (Å²) in [4.78, 5) is 8.61. The monoisotopic (exact) mass is 396 g/mol. The lowest BCUT2D eigenvalue weighted by atomic mass is 10.0. The average Bonchev–Trinajstić information content (AvgIpc) is 3.05. The number of anilines is 1. The standard InChI is InChI=1S/C25H24N4O/c1-16(28-24-6-4-5-10-27-24)15-30-19-7-8-23-21(13-19)22-12-18-14-26-11-9-20(18)17(2)25(22)29(23)3/h4-14,16H,15H2,1-3H3,(H,27,28)/t16-/m0/s1. The van der Waals surface area contributed by atoms with E-state index in [9.17, 15) is 0 Å². The summed E-state index contributed by atoms with van der Waals surface area (Å²) in [6.45, 7) is 4.83. The summed E-state index contributed by atoms with van der Waals surface area (Å²) in [6, 6.07) is 16.6. The lowest BCUT2D eigenvalue weighted by molar-refractivity contribution is 0.304. The normalized spacial score (nSPS) is 12.5. The van der Waals surface area contributed by atoms with Crippen molar-refractivity contribution < 1.29 is 4.74 Å². The largest absolute Gasteiger partial charge is 0.491 e. The molecule has 3 aromatic heterocycles. The number of rotatable bonds is 5. The van der Waals surface area contributed by atoms with Crippen molar-refractivity contribution in [1.29, 1.82) is 0 Å². The molecule has 0 bridgehead atoms. The van der Waals surface area contributed by atoms with Crippen LogP contribution in [0, 0.1) is 6.92 Å². The summed E-state index contributed by atoms with van der Waals surface area (Å²) in [5.74, 6) is 1.72. The van der Waals surface area contributed by atoms with Gasteiger partial charge in [0.2, 0.25) is 0 Å². The molecule has 5 nitrogen and oxygen atoms in total. The molecule has 2 aromatic carbocycles. The van der Waals surface area contributed by atoms with Crippen LogP contribution in [0.2, 0.25) is 0 Å². The Kier molecular flexibility index (Phi) is 4.51. The summed E-state index contributed by atoms with van der Waals surface area (Å²) >= 11 is 0. The zero-order valence-electron chi connectivity index (χ0n) is 17.4. The zero-order chi connectivity index (χ0) is 20.7. The first kappa shape index (κ1) is 18.4. The second-order valence-electron chi connectivity index (χ2n) is 7.80. The van der Waals surface area contributed by atoms with Crippen molar-refractivity contribution in [3.8, 4) is 5.75 Å². The molecule has 0 unspecified atom stereocenters. The fraction of sp³-hybridized carbons (Fsp3) is 0.200. The van der Waals surface area contributed by atoms with Gasteiger partial charge < -0.3 is 14.6 Å². The van der Waals surface area contributed by atoms with Crippen LogP contribution in [0.15, 0.2) is 67.1 Å². The SMILES string of the molecule is Cc1c2ccncc2cc2c3cc(OC[C@H](C)Nc4ccccn4)ccc3n(C)c12. The van der Waals surface area contributed by atoms with Gasteiger partial charge in [-0.2, -0.15) is 0 Å². The fourth-order valence-corrected chi connectivity index (χ4v) is 4.25. The lowest BCUT2D eigenvalue weighted by Crippen LogP contribution is -2.23. The molecule has 0 aliphatic carbocycles. The number of hydrogen-bond donors (Lipinski definition) is 1. The zero-order valence-corrected chi connectivity index (χ0v) is 17.4. The van der Waals surface area contributed by atoms with Crippen LogP contribution in [0.25, 0.3) is 32.6 Å². The van der Waals surface area contributed by atoms with Crippen molar-refractivity contribution in [2.45, 2.75) is 19.9 Å². The Bertz CT molecular complexity index is 1360. The minimum Gasteiger partial charge on any atom is -0.491 e. The molecule has 30 heavy (non-hydrogen) atoms. The molecule has 0 aliphatic heterocycles. The van der Waals surface area contributed by atoms with Crippen LogP contribution >= 0.6 is 0 Å². The van der Waals surface area contributed by atoms with Crippen LogP contribution in [-0.4, -0.2) is 27.2 Å². The molecule has 5 rings (SSSR count). The molecular formula is C25H24N4O. The molecule has 5 aromatic rings. The highest BCUT2D eigenvalue weighted by molar-refractivity contribution is 6.14. The van der Waals surface area contributed by atoms with Gasteiger partial charge in [-0.25, -0.2) is 4.98 Å². The van der Waals surface area contributed by atoms with Crippen LogP contribution < -0.4 is 10.1 Å². The van der Waals surface area contributed by atoms with Crippen LogP contribution in [0.1, 0.15) is 12.5 Å². The molecule has 0 saturated heterocycles. The Morgan fingerprint density at radius 3 is 2.77 bits per heavy atom. The highest BCUT2D eigenvalue weighted by atomic mass is 16.5. The van der Waals surface area contributed by atoms with E-state index >= 15 is 0 Å². The third kappa shape index (κ3) is 3.12. The van der Waals surface area contributed by atoms with Crippen molar-refractivity contribution >= 4 is 38.4 Å². The first-order valence-corrected chi connectivity index (χ1v) is 10.2. The molecule has 0 radical (unpaired) electrons. The number of aryl methyl sites for hydroxylation is 2. The first-order valence-electron chi connectivity index (χ1n) is 10.2. The number of fused-ring (bicyclic) bond motifs is 4. The number of ether oxygens (including phenoxy) is 1. The average molecular weight is 396 g/mol. The fourth-order valence-electron chi connectivity index (χ4n) is 4.25. The van der Waals surface area contributed by atoms with E-state index in [2.05, 4.69) is 65.0 Å². The van der Waals surface area contributed by atoms with Crippen LogP contribution in [0.3, 0.4) is 0 Å². The summed E-state index contributed by atoms with van der Waals surface area (Å²) in [6.07, 6.45) is 5.58. The van der Waals surface area contributed by atoms with Gasteiger partial charge >= 0.3 is 0 Å². The second kappa shape index (κ2) is 7.34. The summed E-state index contributed by atoms with van der Waals surface area (Å²) in [5, 5.41) is 8.20. The number of nitrogens with zero attached hydrogens (tertiary/aromatic N) is 3. The number of aromatic nitrogens is 3. The molecule has 150 valence electrons. The predicted octanol–water partition coefficient (Wildman–Crippen LogP) is 5.46. The van der Waals surface area contributed by atoms with E-state index in [1.165, 1.54) is 32.8 Å². The number of pyridine rings is 2. The second-order valence-corrected chi connectivity index (χ2v) is 7.80.